The number of thiazole rings is 1. The second-order valence-electron chi connectivity index (χ2n) is 7.49. The normalized spacial score (nSPS) is 13.2. The maximum Gasteiger partial charge on any atom is 0.431 e. The van der Waals surface area contributed by atoms with Crippen LogP contribution < -0.4 is 14.8 Å². The van der Waals surface area contributed by atoms with Crippen molar-refractivity contribution in [2.45, 2.75) is 20.4 Å². The van der Waals surface area contributed by atoms with Gasteiger partial charge in [-0.25, -0.2) is 9.78 Å². The lowest BCUT2D eigenvalue weighted by molar-refractivity contribution is 0.102. The molecule has 0 saturated carbocycles. The minimum atomic E-state index is -0.570. The number of aryl methyl sites for hydroxylation is 2. The summed E-state index contributed by atoms with van der Waals surface area (Å²) >= 11 is 1.34. The van der Waals surface area contributed by atoms with Gasteiger partial charge < -0.3 is 19.5 Å². The van der Waals surface area contributed by atoms with Gasteiger partial charge in [0.2, 0.25) is 0 Å². The number of hydrazone groups is 1. The Hall–Kier alpha value is -3.92. The highest BCUT2D eigenvalue weighted by molar-refractivity contribution is 7.13. The monoisotopic (exact) mass is 480 g/mol. The van der Waals surface area contributed by atoms with Crippen LogP contribution >= 0.6 is 11.3 Å². The minimum Gasteiger partial charge on any atom is -0.493 e. The molecule has 0 bridgehead atoms. The zero-order valence-electron chi connectivity index (χ0n) is 19.2. The van der Waals surface area contributed by atoms with Gasteiger partial charge in [-0.05, 0) is 43.7 Å². The number of benzene rings is 2. The van der Waals surface area contributed by atoms with E-state index in [4.69, 9.17) is 14.2 Å². The van der Waals surface area contributed by atoms with Crippen molar-refractivity contribution in [2.75, 3.05) is 26.1 Å². The van der Waals surface area contributed by atoms with Crippen LogP contribution in [0.4, 0.5) is 10.5 Å². The lowest BCUT2D eigenvalue weighted by atomic mass is 10.1. The van der Waals surface area contributed by atoms with Gasteiger partial charge in [0, 0.05) is 11.3 Å². The summed E-state index contributed by atoms with van der Waals surface area (Å²) in [6.07, 6.45) is -0.570. The van der Waals surface area contributed by atoms with Gasteiger partial charge in [0.25, 0.3) is 5.91 Å². The zero-order chi connectivity index (χ0) is 24.2. The molecular formula is C24H24N4O5S. The predicted molar refractivity (Wildman–Crippen MR) is 129 cm³/mol. The van der Waals surface area contributed by atoms with E-state index in [2.05, 4.69) is 15.4 Å². The van der Waals surface area contributed by atoms with Crippen LogP contribution in [0.5, 0.6) is 11.5 Å². The molecule has 0 radical (unpaired) electrons. The van der Waals surface area contributed by atoms with Crippen molar-refractivity contribution in [3.8, 4) is 11.5 Å². The van der Waals surface area contributed by atoms with Crippen molar-refractivity contribution in [1.29, 1.82) is 0 Å². The second-order valence-corrected chi connectivity index (χ2v) is 8.69. The molecule has 10 heteroatoms. The molecule has 1 N–H and O–H groups in total. The average Bonchev–Trinajstić information content (AvgIpc) is 3.19. The van der Waals surface area contributed by atoms with E-state index in [0.717, 1.165) is 10.6 Å². The first kappa shape index (κ1) is 23.2. The van der Waals surface area contributed by atoms with Gasteiger partial charge in [-0.15, -0.1) is 11.3 Å². The predicted octanol–water partition coefficient (Wildman–Crippen LogP) is 4.39. The fraction of sp³-hybridized carbons (Fsp3) is 0.250. The Kier molecular flexibility index (Phi) is 6.78. The highest BCUT2D eigenvalue weighted by Crippen LogP contribution is 2.29. The third kappa shape index (κ3) is 4.86. The number of cyclic esters (lactones) is 1. The molecular weight excluding hydrogens is 456 g/mol. The van der Waals surface area contributed by atoms with Gasteiger partial charge in [0.15, 0.2) is 11.5 Å². The van der Waals surface area contributed by atoms with Gasteiger partial charge in [0.1, 0.15) is 17.2 Å². The highest BCUT2D eigenvalue weighted by atomic mass is 32.1. The molecule has 4 rings (SSSR count). The van der Waals surface area contributed by atoms with Crippen LogP contribution in [0.3, 0.4) is 0 Å². The van der Waals surface area contributed by atoms with Crippen molar-refractivity contribution in [3.63, 3.8) is 0 Å². The van der Waals surface area contributed by atoms with Crippen LogP contribution in [-0.4, -0.2) is 48.5 Å². The number of amides is 2. The van der Waals surface area contributed by atoms with E-state index in [1.165, 1.54) is 16.3 Å². The number of carbonyl (C=O) groups excluding carboxylic acids is 2. The maximum atomic E-state index is 12.8. The van der Waals surface area contributed by atoms with Crippen molar-refractivity contribution in [2.24, 2.45) is 5.10 Å². The quantitative estimate of drug-likeness (QED) is 0.538. The molecule has 1 aliphatic heterocycles. The average molecular weight is 481 g/mol. The van der Waals surface area contributed by atoms with Gasteiger partial charge in [-0.2, -0.15) is 10.1 Å². The fourth-order valence-electron chi connectivity index (χ4n) is 3.54. The third-order valence-corrected chi connectivity index (χ3v) is 6.27. The van der Waals surface area contributed by atoms with Crippen LogP contribution in [0.2, 0.25) is 0 Å². The van der Waals surface area contributed by atoms with E-state index >= 15 is 0 Å². The number of methoxy groups -OCH3 is 2. The van der Waals surface area contributed by atoms with E-state index < -0.39 is 6.09 Å². The van der Waals surface area contributed by atoms with Crippen LogP contribution in [0, 0.1) is 13.8 Å². The molecule has 0 spiro atoms. The number of hydrogen-bond acceptors (Lipinski definition) is 8. The Morgan fingerprint density at radius 3 is 2.62 bits per heavy atom. The molecule has 2 heterocycles. The molecule has 9 nitrogen and oxygen atoms in total. The summed E-state index contributed by atoms with van der Waals surface area (Å²) < 4.78 is 16.0. The molecule has 0 fully saturated rings. The number of carbonyl (C=O) groups is 2. The number of ether oxygens (including phenoxy) is 3. The number of nitrogens with zero attached hydrogens (tertiary/aromatic N) is 3. The lowest BCUT2D eigenvalue weighted by Gasteiger charge is -2.24. The Bertz CT molecular complexity index is 1270. The summed E-state index contributed by atoms with van der Waals surface area (Å²) in [7, 11) is 3.11. The van der Waals surface area contributed by atoms with Crippen molar-refractivity contribution >= 4 is 34.7 Å². The summed E-state index contributed by atoms with van der Waals surface area (Å²) in [6.45, 7) is 3.82. The molecule has 3 aromatic rings. The van der Waals surface area contributed by atoms with Crippen molar-refractivity contribution in [1.82, 2.24) is 9.99 Å². The first-order chi connectivity index (χ1) is 16.4. The molecule has 176 valence electrons. The summed E-state index contributed by atoms with van der Waals surface area (Å²) in [5.41, 5.74) is 3.29. The van der Waals surface area contributed by atoms with Crippen molar-refractivity contribution < 1.29 is 23.8 Å². The summed E-state index contributed by atoms with van der Waals surface area (Å²) in [5.74, 6) is 0.895. The summed E-state index contributed by atoms with van der Waals surface area (Å²) in [5, 5.41) is 9.51. The first-order valence-corrected chi connectivity index (χ1v) is 11.3. The number of para-hydroxylation sites is 1. The Morgan fingerprint density at radius 2 is 1.91 bits per heavy atom. The van der Waals surface area contributed by atoms with Crippen LogP contribution in [0.1, 0.15) is 31.5 Å². The number of aromatic nitrogens is 1. The van der Waals surface area contributed by atoms with Crippen LogP contribution in [-0.2, 0) is 11.3 Å². The highest BCUT2D eigenvalue weighted by Gasteiger charge is 2.25. The molecule has 1 aliphatic rings. The van der Waals surface area contributed by atoms with Crippen LogP contribution in [0.15, 0.2) is 47.6 Å². The fourth-order valence-corrected chi connectivity index (χ4v) is 4.35. The number of hydrogen-bond donors (Lipinski definition) is 1. The molecule has 0 saturated heterocycles. The molecule has 0 aliphatic carbocycles. The first-order valence-electron chi connectivity index (χ1n) is 10.5. The van der Waals surface area contributed by atoms with Gasteiger partial charge in [-0.1, -0.05) is 18.2 Å². The SMILES string of the molecule is COc1ccc(C2=NN(Cc3ccccc3NC(=O)c3sc(C)nc3C)C(=O)OC2)cc1OC. The molecule has 34 heavy (non-hydrogen) atoms. The topological polar surface area (TPSA) is 102 Å². The van der Waals surface area contributed by atoms with E-state index in [1.807, 2.05) is 31.2 Å². The summed E-state index contributed by atoms with van der Waals surface area (Å²) in [6, 6.07) is 12.6. The standard InChI is InChI=1S/C24H24N4O5S/c1-14-22(34-15(2)25-14)23(29)26-18-8-6-5-7-17(18)12-28-24(30)33-13-19(27-28)16-9-10-20(31-3)21(11-16)32-4/h5-11H,12-13H2,1-4H3,(H,26,29). The largest absolute Gasteiger partial charge is 0.493 e. The van der Waals surface area contributed by atoms with E-state index in [1.54, 1.807) is 39.3 Å². The molecule has 0 atom stereocenters. The second kappa shape index (κ2) is 9.92. The zero-order valence-corrected chi connectivity index (χ0v) is 20.1. The molecule has 2 aromatic carbocycles. The van der Waals surface area contributed by atoms with Gasteiger partial charge in [-0.3, -0.25) is 4.79 Å². The van der Waals surface area contributed by atoms with E-state index in [-0.39, 0.29) is 19.1 Å². The minimum absolute atomic E-state index is 0.0349. The van der Waals surface area contributed by atoms with Gasteiger partial charge >= 0.3 is 6.09 Å². The molecule has 2 amide bonds. The summed E-state index contributed by atoms with van der Waals surface area (Å²) in [4.78, 5) is 30.1. The van der Waals surface area contributed by atoms with Gasteiger partial charge in [0.05, 0.1) is 31.5 Å². The molecule has 1 aromatic heterocycles. The molecule has 0 unspecified atom stereocenters. The van der Waals surface area contributed by atoms with Crippen molar-refractivity contribution in [3.05, 3.63) is 69.2 Å². The number of anilines is 1. The number of rotatable bonds is 7. The lowest BCUT2D eigenvalue weighted by Crippen LogP contribution is -2.35. The van der Waals surface area contributed by atoms with E-state index in [9.17, 15) is 9.59 Å². The smallest absolute Gasteiger partial charge is 0.431 e. The Morgan fingerprint density at radius 1 is 1.15 bits per heavy atom. The van der Waals surface area contributed by atoms with Crippen LogP contribution in [0.25, 0.3) is 0 Å². The maximum absolute atomic E-state index is 12.8. The Balaban J connectivity index is 1.58. The number of nitrogens with one attached hydrogen (secondary N) is 1. The Labute approximate surface area is 201 Å². The third-order valence-electron chi connectivity index (χ3n) is 5.20. The van der Waals surface area contributed by atoms with E-state index in [0.29, 0.717) is 39.0 Å².